The summed E-state index contributed by atoms with van der Waals surface area (Å²) in [5, 5.41) is 14.8. The molecule has 1 amide bonds. The Morgan fingerprint density at radius 1 is 1.56 bits per heavy atom. The number of hydrogen-bond acceptors (Lipinski definition) is 3. The van der Waals surface area contributed by atoms with Gasteiger partial charge in [-0.25, -0.2) is 0 Å². The zero-order valence-corrected chi connectivity index (χ0v) is 11.8. The lowest BCUT2D eigenvalue weighted by Crippen LogP contribution is -2.57. The van der Waals surface area contributed by atoms with Crippen molar-refractivity contribution in [3.05, 3.63) is 0 Å². The fourth-order valence-electron chi connectivity index (χ4n) is 2.35. The summed E-state index contributed by atoms with van der Waals surface area (Å²) in [5.74, 6) is 0.361. The van der Waals surface area contributed by atoms with Gasteiger partial charge in [-0.1, -0.05) is 32.9 Å². The first-order chi connectivity index (χ1) is 8.27. The first kappa shape index (κ1) is 14.8. The van der Waals surface area contributed by atoms with Gasteiger partial charge in [-0.15, -0.1) is 0 Å². The molecule has 0 aromatic rings. The van der Waals surface area contributed by atoms with Crippen molar-refractivity contribution in [2.75, 3.05) is 6.54 Å². The van der Waals surface area contributed by atoms with Gasteiger partial charge < -0.3 is 16.3 Å². The standard InChI is InChI=1S/C13H25N3O2/c1-5-12(3,4)8-15-11(17)13(10(14)16-18)6-9(2)7-13/h9,18H,5-8H2,1-4H3,(H2,14,16)(H,15,17). The summed E-state index contributed by atoms with van der Waals surface area (Å²) in [4.78, 5) is 12.3. The van der Waals surface area contributed by atoms with E-state index in [2.05, 4.69) is 38.2 Å². The number of nitrogens with zero attached hydrogens (tertiary/aromatic N) is 1. The van der Waals surface area contributed by atoms with Gasteiger partial charge in [-0.05, 0) is 30.6 Å². The van der Waals surface area contributed by atoms with E-state index in [1.165, 1.54) is 0 Å². The first-order valence-corrected chi connectivity index (χ1v) is 6.54. The lowest BCUT2D eigenvalue weighted by molar-refractivity contribution is -0.133. The Bertz CT molecular complexity index is 344. The molecule has 1 aliphatic rings. The number of rotatable bonds is 5. The molecule has 0 aromatic heterocycles. The highest BCUT2D eigenvalue weighted by molar-refractivity contribution is 6.07. The van der Waals surface area contributed by atoms with E-state index in [9.17, 15) is 4.79 Å². The molecule has 0 radical (unpaired) electrons. The van der Waals surface area contributed by atoms with E-state index in [4.69, 9.17) is 10.9 Å². The van der Waals surface area contributed by atoms with Crippen molar-refractivity contribution in [2.45, 2.75) is 47.0 Å². The van der Waals surface area contributed by atoms with Gasteiger partial charge in [-0.3, -0.25) is 4.79 Å². The SMILES string of the molecule is CCC(C)(C)CNC(=O)C1(C(N)=NO)CC(C)C1. The van der Waals surface area contributed by atoms with Gasteiger partial charge in [0.1, 0.15) is 5.41 Å². The van der Waals surface area contributed by atoms with Crippen molar-refractivity contribution < 1.29 is 10.0 Å². The number of nitrogens with one attached hydrogen (secondary N) is 1. The monoisotopic (exact) mass is 255 g/mol. The molecule has 0 aromatic carbocycles. The van der Waals surface area contributed by atoms with Gasteiger partial charge in [0.05, 0.1) is 0 Å². The third kappa shape index (κ3) is 2.76. The minimum absolute atomic E-state index is 0.0346. The molecule has 5 heteroatoms. The summed E-state index contributed by atoms with van der Waals surface area (Å²) < 4.78 is 0. The molecule has 1 rings (SSSR count). The van der Waals surface area contributed by atoms with E-state index in [0.29, 0.717) is 25.3 Å². The lowest BCUT2D eigenvalue weighted by atomic mass is 9.61. The van der Waals surface area contributed by atoms with E-state index < -0.39 is 5.41 Å². The summed E-state index contributed by atoms with van der Waals surface area (Å²) in [7, 11) is 0. The molecule has 18 heavy (non-hydrogen) atoms. The predicted molar refractivity (Wildman–Crippen MR) is 71.3 cm³/mol. The molecule has 104 valence electrons. The molecule has 1 aliphatic carbocycles. The van der Waals surface area contributed by atoms with Gasteiger partial charge in [0.15, 0.2) is 5.84 Å². The third-order valence-corrected chi connectivity index (χ3v) is 4.11. The molecule has 0 atom stereocenters. The second-order valence-electron chi connectivity index (χ2n) is 6.28. The molecule has 1 saturated carbocycles. The second-order valence-corrected chi connectivity index (χ2v) is 6.28. The van der Waals surface area contributed by atoms with E-state index in [-0.39, 0.29) is 17.2 Å². The number of carbonyl (C=O) groups excluding carboxylic acids is 1. The van der Waals surface area contributed by atoms with E-state index >= 15 is 0 Å². The Kier molecular flexibility index (Phi) is 4.24. The molecular weight excluding hydrogens is 230 g/mol. The summed E-state index contributed by atoms with van der Waals surface area (Å²) >= 11 is 0. The summed E-state index contributed by atoms with van der Waals surface area (Å²) in [6.45, 7) is 8.97. The molecule has 4 N–H and O–H groups in total. The quantitative estimate of drug-likeness (QED) is 0.302. The second kappa shape index (κ2) is 5.16. The van der Waals surface area contributed by atoms with E-state index in [1.54, 1.807) is 0 Å². The maximum Gasteiger partial charge on any atom is 0.233 e. The summed E-state index contributed by atoms with van der Waals surface area (Å²) in [6.07, 6.45) is 2.29. The topological polar surface area (TPSA) is 87.7 Å². The normalized spacial score (nSPS) is 28.7. The van der Waals surface area contributed by atoms with Gasteiger partial charge in [0.2, 0.25) is 5.91 Å². The number of amidine groups is 1. The van der Waals surface area contributed by atoms with Crippen LogP contribution in [0, 0.1) is 16.7 Å². The van der Waals surface area contributed by atoms with Crippen molar-refractivity contribution in [3.63, 3.8) is 0 Å². The van der Waals surface area contributed by atoms with Crippen LogP contribution in [0.5, 0.6) is 0 Å². The van der Waals surface area contributed by atoms with Gasteiger partial charge in [-0.2, -0.15) is 0 Å². The van der Waals surface area contributed by atoms with Crippen LogP contribution in [0.1, 0.15) is 47.0 Å². The molecule has 0 saturated heterocycles. The Balaban J connectivity index is 2.69. The van der Waals surface area contributed by atoms with Crippen LogP contribution in [0.3, 0.4) is 0 Å². The van der Waals surface area contributed by atoms with Crippen LogP contribution < -0.4 is 11.1 Å². The molecular formula is C13H25N3O2. The highest BCUT2D eigenvalue weighted by atomic mass is 16.4. The van der Waals surface area contributed by atoms with Crippen LogP contribution in [0.25, 0.3) is 0 Å². The van der Waals surface area contributed by atoms with Gasteiger partial charge in [0.25, 0.3) is 0 Å². The van der Waals surface area contributed by atoms with Crippen LogP contribution in [0.2, 0.25) is 0 Å². The maximum atomic E-state index is 12.3. The summed E-state index contributed by atoms with van der Waals surface area (Å²) in [5.41, 5.74) is 4.96. The van der Waals surface area contributed by atoms with Crippen LogP contribution in [0.15, 0.2) is 5.16 Å². The van der Waals surface area contributed by atoms with E-state index in [1.807, 2.05) is 0 Å². The first-order valence-electron chi connectivity index (χ1n) is 6.54. The average Bonchev–Trinajstić information content (AvgIpc) is 2.30. The Morgan fingerprint density at radius 2 is 2.11 bits per heavy atom. The number of amides is 1. The summed E-state index contributed by atoms with van der Waals surface area (Å²) in [6, 6.07) is 0. The number of oxime groups is 1. The molecule has 1 fully saturated rings. The number of carbonyl (C=O) groups is 1. The zero-order chi connectivity index (χ0) is 14.0. The van der Waals surface area contributed by atoms with Crippen molar-refractivity contribution in [1.29, 1.82) is 0 Å². The van der Waals surface area contributed by atoms with Crippen LogP contribution in [-0.2, 0) is 4.79 Å². The Hall–Kier alpha value is -1.26. The minimum atomic E-state index is -0.794. The molecule has 0 spiro atoms. The maximum absolute atomic E-state index is 12.3. The average molecular weight is 255 g/mol. The van der Waals surface area contributed by atoms with Crippen LogP contribution in [0.4, 0.5) is 0 Å². The fourth-order valence-corrected chi connectivity index (χ4v) is 2.35. The molecule has 5 nitrogen and oxygen atoms in total. The highest BCUT2D eigenvalue weighted by Gasteiger charge is 2.52. The van der Waals surface area contributed by atoms with Crippen LogP contribution >= 0.6 is 0 Å². The molecule has 0 unspecified atom stereocenters. The van der Waals surface area contributed by atoms with E-state index in [0.717, 1.165) is 6.42 Å². The number of hydrogen-bond donors (Lipinski definition) is 3. The molecule has 0 bridgehead atoms. The third-order valence-electron chi connectivity index (χ3n) is 4.11. The van der Waals surface area contributed by atoms with Gasteiger partial charge >= 0.3 is 0 Å². The fraction of sp³-hybridized carbons (Fsp3) is 0.846. The van der Waals surface area contributed by atoms with Crippen molar-refractivity contribution in [2.24, 2.45) is 27.6 Å². The van der Waals surface area contributed by atoms with Crippen molar-refractivity contribution in [1.82, 2.24) is 5.32 Å². The lowest BCUT2D eigenvalue weighted by Gasteiger charge is -2.44. The molecule has 0 aliphatic heterocycles. The number of nitrogens with two attached hydrogens (primary N) is 1. The van der Waals surface area contributed by atoms with Gasteiger partial charge in [0, 0.05) is 6.54 Å². The molecule has 0 heterocycles. The smallest absolute Gasteiger partial charge is 0.233 e. The highest BCUT2D eigenvalue weighted by Crippen LogP contribution is 2.46. The largest absolute Gasteiger partial charge is 0.409 e. The Labute approximate surface area is 109 Å². The van der Waals surface area contributed by atoms with Crippen molar-refractivity contribution in [3.8, 4) is 0 Å². The van der Waals surface area contributed by atoms with Crippen molar-refractivity contribution >= 4 is 11.7 Å². The Morgan fingerprint density at radius 3 is 2.50 bits per heavy atom. The van der Waals surface area contributed by atoms with Crippen LogP contribution in [-0.4, -0.2) is 23.5 Å². The predicted octanol–water partition coefficient (Wildman–Crippen LogP) is 1.70. The zero-order valence-electron chi connectivity index (χ0n) is 11.8. The minimum Gasteiger partial charge on any atom is -0.409 e.